The monoisotopic (exact) mass is 314 g/mol. The second-order valence-corrected chi connectivity index (χ2v) is 6.88. The molecule has 2 aliphatic carbocycles. The zero-order chi connectivity index (χ0) is 16.0. The summed E-state index contributed by atoms with van der Waals surface area (Å²) in [5.41, 5.74) is 1.37. The van der Waals surface area contributed by atoms with Gasteiger partial charge in [-0.2, -0.15) is 4.98 Å². The third-order valence-corrected chi connectivity index (χ3v) is 5.65. The first-order valence-corrected chi connectivity index (χ1v) is 8.33. The van der Waals surface area contributed by atoms with Crippen LogP contribution < -0.4 is 15.2 Å². The van der Waals surface area contributed by atoms with Gasteiger partial charge < -0.3 is 14.5 Å². The normalized spacial score (nSPS) is 25.9. The Morgan fingerprint density at radius 1 is 1.17 bits per heavy atom. The molecule has 5 nitrogen and oxygen atoms in total. The van der Waals surface area contributed by atoms with Crippen LogP contribution in [0.5, 0.6) is 11.5 Å². The van der Waals surface area contributed by atoms with E-state index in [0.717, 1.165) is 34.9 Å². The fourth-order valence-electron chi connectivity index (χ4n) is 4.58. The molecule has 0 spiro atoms. The maximum Gasteiger partial charge on any atom is 0.345 e. The molecule has 1 N–H and O–H groups in total. The highest BCUT2D eigenvalue weighted by molar-refractivity contribution is 5.84. The Labute approximate surface area is 135 Å². The topological polar surface area (TPSA) is 64.2 Å². The Kier molecular flexibility index (Phi) is 3.51. The van der Waals surface area contributed by atoms with Gasteiger partial charge in [0.15, 0.2) is 11.5 Å². The lowest BCUT2D eigenvalue weighted by Gasteiger charge is -2.21. The van der Waals surface area contributed by atoms with E-state index < -0.39 is 0 Å². The van der Waals surface area contributed by atoms with Gasteiger partial charge in [0.2, 0.25) is 0 Å². The summed E-state index contributed by atoms with van der Waals surface area (Å²) in [5.74, 6) is 3.67. The zero-order valence-corrected chi connectivity index (χ0v) is 13.6. The van der Waals surface area contributed by atoms with Gasteiger partial charge in [0.05, 0.1) is 25.4 Å². The van der Waals surface area contributed by atoms with E-state index in [1.807, 2.05) is 12.1 Å². The molecule has 1 aromatic heterocycles. The number of aromatic nitrogens is 2. The van der Waals surface area contributed by atoms with Crippen molar-refractivity contribution in [2.24, 2.45) is 17.8 Å². The Morgan fingerprint density at radius 2 is 1.96 bits per heavy atom. The molecule has 2 saturated carbocycles. The fourth-order valence-corrected chi connectivity index (χ4v) is 4.58. The molecule has 3 unspecified atom stereocenters. The average Bonchev–Trinajstić information content (AvgIpc) is 3.16. The molecule has 0 aliphatic heterocycles. The standard InChI is InChI=1S/C18H22N2O3/c1-22-16-8-13-14(7-12-6-10-3-4-11(12)5-10)19-18(21)20-15(13)9-17(16)23-2/h8-12H,3-7H2,1-2H3,(H,19,20,21). The van der Waals surface area contributed by atoms with Crippen molar-refractivity contribution in [3.63, 3.8) is 0 Å². The molecule has 4 rings (SSSR count). The number of benzene rings is 1. The summed E-state index contributed by atoms with van der Waals surface area (Å²) in [6.45, 7) is 0. The van der Waals surface area contributed by atoms with E-state index in [-0.39, 0.29) is 5.69 Å². The van der Waals surface area contributed by atoms with Crippen LogP contribution in [0.4, 0.5) is 0 Å². The molecule has 2 bridgehead atoms. The zero-order valence-electron chi connectivity index (χ0n) is 13.6. The van der Waals surface area contributed by atoms with Gasteiger partial charge in [0, 0.05) is 11.5 Å². The Morgan fingerprint density at radius 3 is 2.61 bits per heavy atom. The van der Waals surface area contributed by atoms with Crippen molar-refractivity contribution in [3.8, 4) is 11.5 Å². The number of ether oxygens (including phenoxy) is 2. The molecule has 23 heavy (non-hydrogen) atoms. The molecule has 2 aromatic rings. The van der Waals surface area contributed by atoms with Crippen LogP contribution in [0, 0.1) is 17.8 Å². The number of aromatic amines is 1. The van der Waals surface area contributed by atoms with Crippen LogP contribution in [-0.2, 0) is 6.42 Å². The Balaban J connectivity index is 1.77. The van der Waals surface area contributed by atoms with E-state index in [4.69, 9.17) is 9.47 Å². The van der Waals surface area contributed by atoms with Crippen molar-refractivity contribution in [1.82, 2.24) is 9.97 Å². The van der Waals surface area contributed by atoms with Gasteiger partial charge in [0.25, 0.3) is 0 Å². The number of nitrogens with one attached hydrogen (secondary N) is 1. The van der Waals surface area contributed by atoms with Crippen LogP contribution in [0.25, 0.3) is 10.9 Å². The van der Waals surface area contributed by atoms with Crippen LogP contribution >= 0.6 is 0 Å². The van der Waals surface area contributed by atoms with Gasteiger partial charge in [-0.15, -0.1) is 0 Å². The highest BCUT2D eigenvalue weighted by atomic mass is 16.5. The van der Waals surface area contributed by atoms with E-state index in [0.29, 0.717) is 17.4 Å². The van der Waals surface area contributed by atoms with Crippen molar-refractivity contribution >= 4 is 10.9 Å². The second-order valence-electron chi connectivity index (χ2n) is 6.88. The number of H-pyrrole nitrogens is 1. The Hall–Kier alpha value is -2.04. The Bertz CT molecular complexity index is 799. The minimum atomic E-state index is -0.289. The molecule has 1 aromatic carbocycles. The maximum atomic E-state index is 12.0. The lowest BCUT2D eigenvalue weighted by Crippen LogP contribution is -2.19. The molecule has 2 fully saturated rings. The maximum absolute atomic E-state index is 12.0. The van der Waals surface area contributed by atoms with Crippen molar-refractivity contribution in [3.05, 3.63) is 28.3 Å². The van der Waals surface area contributed by atoms with Gasteiger partial charge in [-0.1, -0.05) is 6.42 Å². The fraction of sp³-hybridized carbons (Fsp3) is 0.556. The molecular formula is C18H22N2O3. The first-order valence-electron chi connectivity index (χ1n) is 8.33. The summed E-state index contributed by atoms with van der Waals surface area (Å²) < 4.78 is 10.7. The SMILES string of the molecule is COc1cc2[nH]c(=O)nc(CC3CC4CCC3C4)c2cc1OC. The summed E-state index contributed by atoms with van der Waals surface area (Å²) in [6, 6.07) is 3.75. The average molecular weight is 314 g/mol. The molecule has 3 atom stereocenters. The highest BCUT2D eigenvalue weighted by Crippen LogP contribution is 2.49. The van der Waals surface area contributed by atoms with Crippen LogP contribution in [0.2, 0.25) is 0 Å². The number of hydrogen-bond acceptors (Lipinski definition) is 4. The molecule has 2 aliphatic rings. The number of nitrogens with zero attached hydrogens (tertiary/aromatic N) is 1. The number of rotatable bonds is 4. The van der Waals surface area contributed by atoms with Crippen molar-refractivity contribution < 1.29 is 9.47 Å². The summed E-state index contributed by atoms with van der Waals surface area (Å²) in [6.07, 6.45) is 6.26. The molecule has 0 saturated heterocycles. The first-order chi connectivity index (χ1) is 11.2. The quantitative estimate of drug-likeness (QED) is 0.942. The molecule has 0 amide bonds. The first kappa shape index (κ1) is 14.5. The van der Waals surface area contributed by atoms with Crippen molar-refractivity contribution in [1.29, 1.82) is 0 Å². The second kappa shape index (κ2) is 5.55. The van der Waals surface area contributed by atoms with Crippen LogP contribution in [0.15, 0.2) is 16.9 Å². The predicted octanol–water partition coefficient (Wildman–Crippen LogP) is 2.92. The smallest absolute Gasteiger partial charge is 0.345 e. The predicted molar refractivity (Wildman–Crippen MR) is 88.1 cm³/mol. The summed E-state index contributed by atoms with van der Waals surface area (Å²) in [5, 5.41) is 0.963. The molecular weight excluding hydrogens is 292 g/mol. The molecule has 1 heterocycles. The molecule has 122 valence electrons. The van der Waals surface area contributed by atoms with Crippen molar-refractivity contribution in [2.45, 2.75) is 32.1 Å². The van der Waals surface area contributed by atoms with Crippen LogP contribution in [0.1, 0.15) is 31.4 Å². The number of fused-ring (bicyclic) bond motifs is 3. The van der Waals surface area contributed by atoms with E-state index in [1.54, 1.807) is 14.2 Å². The minimum Gasteiger partial charge on any atom is -0.493 e. The summed E-state index contributed by atoms with van der Waals surface area (Å²) in [7, 11) is 3.22. The van der Waals surface area contributed by atoms with Crippen LogP contribution in [0.3, 0.4) is 0 Å². The molecule has 0 radical (unpaired) electrons. The van der Waals surface area contributed by atoms with E-state index in [1.165, 1.54) is 25.7 Å². The van der Waals surface area contributed by atoms with Crippen molar-refractivity contribution in [2.75, 3.05) is 14.2 Å². The van der Waals surface area contributed by atoms with Gasteiger partial charge in [0.1, 0.15) is 0 Å². The largest absolute Gasteiger partial charge is 0.493 e. The third kappa shape index (κ3) is 2.48. The number of methoxy groups -OCH3 is 2. The van der Waals surface area contributed by atoms with E-state index in [9.17, 15) is 4.79 Å². The van der Waals surface area contributed by atoms with E-state index >= 15 is 0 Å². The van der Waals surface area contributed by atoms with Gasteiger partial charge in [-0.3, -0.25) is 0 Å². The van der Waals surface area contributed by atoms with Gasteiger partial charge >= 0.3 is 5.69 Å². The van der Waals surface area contributed by atoms with Crippen LogP contribution in [-0.4, -0.2) is 24.2 Å². The number of hydrogen-bond donors (Lipinski definition) is 1. The van der Waals surface area contributed by atoms with E-state index in [2.05, 4.69) is 9.97 Å². The lowest BCUT2D eigenvalue weighted by atomic mass is 9.85. The summed E-state index contributed by atoms with van der Waals surface area (Å²) in [4.78, 5) is 19.0. The van der Waals surface area contributed by atoms with Gasteiger partial charge in [-0.05, 0) is 49.5 Å². The molecule has 5 heteroatoms. The highest BCUT2D eigenvalue weighted by Gasteiger charge is 2.39. The minimum absolute atomic E-state index is 0.289. The lowest BCUT2D eigenvalue weighted by molar-refractivity contribution is 0.329. The summed E-state index contributed by atoms with van der Waals surface area (Å²) >= 11 is 0. The van der Waals surface area contributed by atoms with Gasteiger partial charge in [-0.25, -0.2) is 4.79 Å². The third-order valence-electron chi connectivity index (χ3n) is 5.65.